The van der Waals surface area contributed by atoms with Crippen LogP contribution in [-0.2, 0) is 4.79 Å². The van der Waals surface area contributed by atoms with Crippen molar-refractivity contribution >= 4 is 40.6 Å². The molecule has 0 fully saturated rings. The lowest BCUT2D eigenvalue weighted by Crippen LogP contribution is -2.35. The van der Waals surface area contributed by atoms with Crippen molar-refractivity contribution in [1.82, 2.24) is 10.7 Å². The maximum Gasteiger partial charge on any atom is 0.259 e. The van der Waals surface area contributed by atoms with Gasteiger partial charge < -0.3 is 10.1 Å². The number of rotatable bonds is 6. The van der Waals surface area contributed by atoms with Crippen LogP contribution in [0.25, 0.3) is 0 Å². The fraction of sp³-hybridized carbons (Fsp3) is 0.118. The van der Waals surface area contributed by atoms with Crippen LogP contribution in [-0.4, -0.2) is 31.7 Å². The van der Waals surface area contributed by atoms with E-state index in [0.717, 1.165) is 14.9 Å². The molecule has 0 aliphatic rings. The zero-order chi connectivity index (χ0) is 17.4. The molecule has 2 aromatic rings. The Kier molecular flexibility index (Phi) is 6.74. The highest BCUT2D eigenvalue weighted by atomic mass is 127. The summed E-state index contributed by atoms with van der Waals surface area (Å²) in [6, 6.07) is 14.4. The molecule has 2 N–H and O–H groups in total. The first-order valence-corrected chi connectivity index (χ1v) is 8.16. The number of methoxy groups -OCH3 is 1. The van der Waals surface area contributed by atoms with Crippen LogP contribution in [0.5, 0.6) is 5.75 Å². The molecule has 24 heavy (non-hydrogen) atoms. The van der Waals surface area contributed by atoms with Gasteiger partial charge in [0.05, 0.1) is 25.4 Å². The van der Waals surface area contributed by atoms with Crippen LogP contribution >= 0.6 is 22.6 Å². The minimum atomic E-state index is -0.404. The van der Waals surface area contributed by atoms with Crippen molar-refractivity contribution in [2.45, 2.75) is 0 Å². The summed E-state index contributed by atoms with van der Waals surface area (Å²) in [5.74, 6) is 0.0442. The third-order valence-electron chi connectivity index (χ3n) is 3.05. The van der Waals surface area contributed by atoms with Crippen LogP contribution in [0.4, 0.5) is 0 Å². The largest absolute Gasteiger partial charge is 0.497 e. The molecule has 2 rings (SSSR count). The van der Waals surface area contributed by atoms with Gasteiger partial charge in [-0.2, -0.15) is 5.10 Å². The number of benzene rings is 2. The van der Waals surface area contributed by atoms with Gasteiger partial charge >= 0.3 is 0 Å². The first-order valence-electron chi connectivity index (χ1n) is 7.09. The lowest BCUT2D eigenvalue weighted by molar-refractivity contribution is -0.120. The van der Waals surface area contributed by atoms with Crippen LogP contribution in [0.1, 0.15) is 15.9 Å². The van der Waals surface area contributed by atoms with Crippen molar-refractivity contribution in [2.24, 2.45) is 5.10 Å². The average Bonchev–Trinajstić information content (AvgIpc) is 2.60. The average molecular weight is 437 g/mol. The monoisotopic (exact) mass is 437 g/mol. The van der Waals surface area contributed by atoms with Crippen LogP contribution in [0.3, 0.4) is 0 Å². The van der Waals surface area contributed by atoms with Gasteiger partial charge in [-0.1, -0.05) is 12.1 Å². The summed E-state index contributed by atoms with van der Waals surface area (Å²) in [4.78, 5) is 23.7. The summed E-state index contributed by atoms with van der Waals surface area (Å²) in [6.07, 6.45) is 1.51. The van der Waals surface area contributed by atoms with E-state index in [4.69, 9.17) is 4.74 Å². The standard InChI is InChI=1S/C17H16IN3O3/c1-24-13-8-6-12(7-9-13)10-20-21-16(22)11-19-17(23)14-4-2-3-5-15(14)18/h2-10H,11H2,1H3,(H,19,23)(H,21,22)/b20-10-. The Labute approximate surface area is 153 Å². The molecule has 0 saturated heterocycles. The zero-order valence-electron chi connectivity index (χ0n) is 13.0. The summed E-state index contributed by atoms with van der Waals surface area (Å²) in [5.41, 5.74) is 3.72. The summed E-state index contributed by atoms with van der Waals surface area (Å²) >= 11 is 2.07. The van der Waals surface area contributed by atoms with E-state index >= 15 is 0 Å². The third kappa shape index (κ3) is 5.34. The minimum Gasteiger partial charge on any atom is -0.497 e. The van der Waals surface area contributed by atoms with Gasteiger partial charge in [-0.05, 0) is 64.6 Å². The zero-order valence-corrected chi connectivity index (χ0v) is 15.1. The summed E-state index contributed by atoms with van der Waals surface area (Å²) in [7, 11) is 1.59. The van der Waals surface area contributed by atoms with Gasteiger partial charge in [-0.3, -0.25) is 9.59 Å². The molecule has 0 radical (unpaired) electrons. The second-order valence-corrected chi connectivity index (χ2v) is 5.89. The lowest BCUT2D eigenvalue weighted by Gasteiger charge is -2.05. The van der Waals surface area contributed by atoms with Gasteiger partial charge in [0.15, 0.2) is 0 Å². The van der Waals surface area contributed by atoms with E-state index in [1.54, 1.807) is 31.4 Å². The van der Waals surface area contributed by atoms with E-state index in [1.807, 2.05) is 24.3 Å². The summed E-state index contributed by atoms with van der Waals surface area (Å²) in [6.45, 7) is -0.149. The number of carbonyl (C=O) groups is 2. The van der Waals surface area contributed by atoms with Crippen molar-refractivity contribution in [1.29, 1.82) is 0 Å². The van der Waals surface area contributed by atoms with Gasteiger partial charge in [-0.15, -0.1) is 0 Å². The Morgan fingerprint density at radius 2 is 1.88 bits per heavy atom. The highest BCUT2D eigenvalue weighted by molar-refractivity contribution is 14.1. The number of halogens is 1. The quantitative estimate of drug-likeness (QED) is 0.413. The van der Waals surface area contributed by atoms with Crippen molar-refractivity contribution in [3.63, 3.8) is 0 Å². The normalized spacial score (nSPS) is 10.4. The van der Waals surface area contributed by atoms with Crippen molar-refractivity contribution in [3.05, 3.63) is 63.2 Å². The number of hydrogen-bond acceptors (Lipinski definition) is 4. The molecule has 0 unspecified atom stereocenters. The molecule has 0 saturated carbocycles. The molecule has 7 heteroatoms. The second kappa shape index (κ2) is 9.02. The molecule has 0 aliphatic heterocycles. The minimum absolute atomic E-state index is 0.149. The number of nitrogens with zero attached hydrogens (tertiary/aromatic N) is 1. The predicted octanol–water partition coefficient (Wildman–Crippen LogP) is 2.18. The van der Waals surface area contributed by atoms with Crippen molar-refractivity contribution < 1.29 is 14.3 Å². The van der Waals surface area contributed by atoms with E-state index in [2.05, 4.69) is 38.4 Å². The SMILES string of the molecule is COc1ccc(/C=N\NC(=O)CNC(=O)c2ccccc2I)cc1. The molecular weight excluding hydrogens is 421 g/mol. The number of hydrazone groups is 1. The first-order chi connectivity index (χ1) is 11.6. The first kappa shape index (κ1) is 17.9. The van der Waals surface area contributed by atoms with Gasteiger partial charge in [0.2, 0.25) is 0 Å². The Morgan fingerprint density at radius 3 is 2.54 bits per heavy atom. The molecule has 0 spiro atoms. The highest BCUT2D eigenvalue weighted by Crippen LogP contribution is 2.11. The second-order valence-electron chi connectivity index (χ2n) is 4.73. The Morgan fingerprint density at radius 1 is 1.17 bits per heavy atom. The molecule has 0 heterocycles. The number of ether oxygens (including phenoxy) is 1. The number of nitrogens with one attached hydrogen (secondary N) is 2. The van der Waals surface area contributed by atoms with Crippen molar-refractivity contribution in [3.8, 4) is 5.75 Å². The number of amides is 2. The number of hydrogen-bond donors (Lipinski definition) is 2. The summed E-state index contributed by atoms with van der Waals surface area (Å²) in [5, 5.41) is 6.40. The molecular formula is C17H16IN3O3. The topological polar surface area (TPSA) is 79.8 Å². The van der Waals surface area contributed by atoms with Gasteiger partial charge in [0.1, 0.15) is 5.75 Å². The van der Waals surface area contributed by atoms with Gasteiger partial charge in [0, 0.05) is 3.57 Å². The van der Waals surface area contributed by atoms with E-state index in [9.17, 15) is 9.59 Å². The van der Waals surface area contributed by atoms with E-state index in [0.29, 0.717) is 5.56 Å². The summed E-state index contributed by atoms with van der Waals surface area (Å²) < 4.78 is 5.88. The van der Waals surface area contributed by atoms with E-state index in [-0.39, 0.29) is 12.5 Å². The molecule has 2 amide bonds. The van der Waals surface area contributed by atoms with Crippen molar-refractivity contribution in [2.75, 3.05) is 13.7 Å². The number of carbonyl (C=O) groups excluding carboxylic acids is 2. The molecule has 0 aliphatic carbocycles. The van der Waals surface area contributed by atoms with Crippen LogP contribution in [0, 0.1) is 3.57 Å². The highest BCUT2D eigenvalue weighted by Gasteiger charge is 2.10. The fourth-order valence-electron chi connectivity index (χ4n) is 1.81. The third-order valence-corrected chi connectivity index (χ3v) is 3.99. The molecule has 0 atom stereocenters. The van der Waals surface area contributed by atoms with E-state index < -0.39 is 5.91 Å². The molecule has 124 valence electrons. The Bertz CT molecular complexity index is 745. The van der Waals surface area contributed by atoms with Crippen LogP contribution in [0.2, 0.25) is 0 Å². The lowest BCUT2D eigenvalue weighted by atomic mass is 10.2. The predicted molar refractivity (Wildman–Crippen MR) is 100 cm³/mol. The Hall–Kier alpha value is -2.42. The fourth-order valence-corrected chi connectivity index (χ4v) is 2.44. The van der Waals surface area contributed by atoms with Gasteiger partial charge in [-0.25, -0.2) is 5.43 Å². The molecule has 2 aromatic carbocycles. The maximum atomic E-state index is 12.0. The molecule has 6 nitrogen and oxygen atoms in total. The maximum absolute atomic E-state index is 12.0. The van der Waals surface area contributed by atoms with Crippen LogP contribution < -0.4 is 15.5 Å². The van der Waals surface area contributed by atoms with E-state index in [1.165, 1.54) is 6.21 Å². The molecule has 0 bridgehead atoms. The smallest absolute Gasteiger partial charge is 0.259 e. The van der Waals surface area contributed by atoms with Gasteiger partial charge in [0.25, 0.3) is 11.8 Å². The van der Waals surface area contributed by atoms with Crippen LogP contribution in [0.15, 0.2) is 53.6 Å². The Balaban J connectivity index is 1.79. The molecule has 0 aromatic heterocycles.